The summed E-state index contributed by atoms with van der Waals surface area (Å²) in [7, 11) is 0. The molecule has 0 aliphatic carbocycles. The monoisotopic (exact) mass is 422 g/mol. The number of aliphatic hydroxyl groups is 1. The third-order valence-corrected chi connectivity index (χ3v) is 6.26. The number of carbonyl (C=O) groups is 1. The summed E-state index contributed by atoms with van der Waals surface area (Å²) in [6.07, 6.45) is 11.8. The number of quaternary nitrogens is 1. The maximum atomic E-state index is 12.8. The number of fused-ring (bicyclic) bond motifs is 1. The van der Waals surface area contributed by atoms with Gasteiger partial charge in [0.15, 0.2) is 0 Å². The quantitative estimate of drug-likeness (QED) is 0.352. The SMILES string of the molecule is CCCCCCCCC[C@H](O)C[C@@H]1CC[C@H]2C(C(=O)OC(C)(C)C)=C(C)N=C(N)[NH+]12. The van der Waals surface area contributed by atoms with Crippen LogP contribution in [0.4, 0.5) is 0 Å². The molecule has 6 heteroatoms. The van der Waals surface area contributed by atoms with Gasteiger partial charge < -0.3 is 15.6 Å². The van der Waals surface area contributed by atoms with Crippen LogP contribution in [-0.4, -0.2) is 40.8 Å². The molecule has 1 saturated heterocycles. The lowest BCUT2D eigenvalue weighted by atomic mass is 10.0. The van der Waals surface area contributed by atoms with Gasteiger partial charge in [-0.05, 0) is 34.1 Å². The van der Waals surface area contributed by atoms with Crippen molar-refractivity contribution in [2.24, 2.45) is 10.7 Å². The fourth-order valence-electron chi connectivity index (χ4n) is 4.86. The van der Waals surface area contributed by atoms with Crippen LogP contribution in [0, 0.1) is 0 Å². The highest BCUT2D eigenvalue weighted by atomic mass is 16.6. The van der Waals surface area contributed by atoms with Crippen molar-refractivity contribution in [3.05, 3.63) is 11.3 Å². The first-order valence-electron chi connectivity index (χ1n) is 12.0. The van der Waals surface area contributed by atoms with Gasteiger partial charge in [0.05, 0.1) is 17.8 Å². The standard InChI is InChI=1S/C24H43N3O3/c1-6-7-8-9-10-11-12-13-19(28)16-18-14-15-20-21(22(29)30-24(3,4)5)17(2)26-23(25)27(18)20/h18-20,28H,6-16H2,1-5H3,(H2,25,26)/p+1/t18-,19-,20-/m0/s1. The normalized spacial score (nSPS) is 25.1. The molecule has 4 N–H and O–H groups in total. The van der Waals surface area contributed by atoms with Crippen LogP contribution in [0.5, 0.6) is 0 Å². The summed E-state index contributed by atoms with van der Waals surface area (Å²) in [4.78, 5) is 18.3. The van der Waals surface area contributed by atoms with Gasteiger partial charge >= 0.3 is 5.97 Å². The number of aliphatic hydroxyl groups excluding tert-OH is 1. The predicted molar refractivity (Wildman–Crippen MR) is 121 cm³/mol. The molecule has 0 aromatic rings. The number of unbranched alkanes of at least 4 members (excludes halogenated alkanes) is 6. The topological polar surface area (TPSA) is 89.3 Å². The van der Waals surface area contributed by atoms with E-state index in [9.17, 15) is 9.90 Å². The highest BCUT2D eigenvalue weighted by molar-refractivity contribution is 5.92. The van der Waals surface area contributed by atoms with Gasteiger partial charge in [0.1, 0.15) is 17.2 Å². The van der Waals surface area contributed by atoms with E-state index in [1.807, 2.05) is 27.7 Å². The van der Waals surface area contributed by atoms with Crippen molar-refractivity contribution < 1.29 is 19.5 Å². The van der Waals surface area contributed by atoms with E-state index in [2.05, 4.69) is 11.9 Å². The van der Waals surface area contributed by atoms with Gasteiger partial charge in [-0.25, -0.2) is 4.79 Å². The Balaban J connectivity index is 1.89. The van der Waals surface area contributed by atoms with E-state index < -0.39 is 5.60 Å². The number of rotatable bonds is 11. The van der Waals surface area contributed by atoms with Crippen molar-refractivity contribution in [2.45, 2.75) is 129 Å². The number of nitrogens with two attached hydrogens (primary N) is 1. The summed E-state index contributed by atoms with van der Waals surface area (Å²) in [5.74, 6) is 0.249. The lowest BCUT2D eigenvalue weighted by Gasteiger charge is -2.31. The molecule has 0 amide bonds. The van der Waals surface area contributed by atoms with Gasteiger partial charge in [-0.1, -0.05) is 51.9 Å². The summed E-state index contributed by atoms with van der Waals surface area (Å²) in [5.41, 5.74) is 7.07. The Morgan fingerprint density at radius 2 is 1.83 bits per heavy atom. The van der Waals surface area contributed by atoms with E-state index in [-0.39, 0.29) is 24.2 Å². The second-order valence-electron chi connectivity index (χ2n) is 10.1. The molecule has 30 heavy (non-hydrogen) atoms. The summed E-state index contributed by atoms with van der Waals surface area (Å²) in [6, 6.07) is 0.178. The number of hydrogen-bond donors (Lipinski definition) is 3. The average Bonchev–Trinajstić information content (AvgIpc) is 3.03. The van der Waals surface area contributed by atoms with Gasteiger partial charge in [0, 0.05) is 19.3 Å². The number of guanidine groups is 1. The van der Waals surface area contributed by atoms with Crippen LogP contribution in [0.15, 0.2) is 16.3 Å². The maximum Gasteiger partial charge on any atom is 0.342 e. The molecule has 4 atom stereocenters. The van der Waals surface area contributed by atoms with E-state index in [1.54, 1.807) is 0 Å². The lowest BCUT2D eigenvalue weighted by molar-refractivity contribution is -0.843. The Bertz CT molecular complexity index is 636. The van der Waals surface area contributed by atoms with Crippen molar-refractivity contribution in [1.82, 2.24) is 0 Å². The van der Waals surface area contributed by atoms with Crippen LogP contribution in [0.25, 0.3) is 0 Å². The predicted octanol–water partition coefficient (Wildman–Crippen LogP) is 3.24. The fraction of sp³-hybridized carbons (Fsp3) is 0.833. The van der Waals surface area contributed by atoms with Crippen molar-refractivity contribution in [3.8, 4) is 0 Å². The van der Waals surface area contributed by atoms with Crippen molar-refractivity contribution in [2.75, 3.05) is 0 Å². The second kappa shape index (κ2) is 11.3. The molecule has 0 saturated carbocycles. The molecule has 1 fully saturated rings. The number of nitrogens with zero attached hydrogens (tertiary/aromatic N) is 1. The molecular weight excluding hydrogens is 378 g/mol. The largest absolute Gasteiger partial charge is 0.456 e. The summed E-state index contributed by atoms with van der Waals surface area (Å²) < 4.78 is 5.64. The van der Waals surface area contributed by atoms with Crippen molar-refractivity contribution >= 4 is 11.9 Å². The number of esters is 1. The molecule has 0 radical (unpaired) electrons. The highest BCUT2D eigenvalue weighted by Crippen LogP contribution is 2.26. The molecular formula is C24H44N3O3+. The fourth-order valence-corrected chi connectivity index (χ4v) is 4.86. The maximum absolute atomic E-state index is 12.8. The van der Waals surface area contributed by atoms with Crippen molar-refractivity contribution in [1.29, 1.82) is 0 Å². The number of ether oxygens (including phenoxy) is 1. The van der Waals surface area contributed by atoms with Gasteiger partial charge in [-0.2, -0.15) is 4.99 Å². The molecule has 2 aliphatic rings. The highest BCUT2D eigenvalue weighted by Gasteiger charge is 2.48. The minimum absolute atomic E-state index is 0.0203. The molecule has 172 valence electrons. The molecule has 0 bridgehead atoms. The smallest absolute Gasteiger partial charge is 0.342 e. The van der Waals surface area contributed by atoms with E-state index in [0.717, 1.165) is 30.6 Å². The second-order valence-corrected chi connectivity index (χ2v) is 10.1. The molecule has 2 aliphatic heterocycles. The van der Waals surface area contributed by atoms with Crippen LogP contribution < -0.4 is 10.6 Å². The minimum Gasteiger partial charge on any atom is -0.456 e. The molecule has 2 heterocycles. The summed E-state index contributed by atoms with van der Waals surface area (Å²) in [5, 5.41) is 10.6. The number of hydrogen-bond acceptors (Lipinski definition) is 5. The molecule has 1 unspecified atom stereocenters. The first-order valence-corrected chi connectivity index (χ1v) is 12.0. The number of nitrogens with one attached hydrogen (secondary N) is 1. The number of aliphatic imine (C=N–C) groups is 1. The molecule has 0 spiro atoms. The lowest BCUT2D eigenvalue weighted by Crippen LogP contribution is -3.21. The number of allylic oxidation sites excluding steroid dienone is 1. The van der Waals surface area contributed by atoms with E-state index in [4.69, 9.17) is 10.5 Å². The molecule has 0 aromatic heterocycles. The first-order chi connectivity index (χ1) is 14.1. The Labute approximate surface area is 182 Å². The van der Waals surface area contributed by atoms with Gasteiger partial charge in [-0.3, -0.25) is 4.90 Å². The van der Waals surface area contributed by atoms with Crippen molar-refractivity contribution in [3.63, 3.8) is 0 Å². The Kier molecular flexibility index (Phi) is 9.35. The van der Waals surface area contributed by atoms with Crippen LogP contribution in [0.3, 0.4) is 0 Å². The zero-order valence-electron chi connectivity index (χ0n) is 19.8. The van der Waals surface area contributed by atoms with E-state index >= 15 is 0 Å². The minimum atomic E-state index is -0.540. The third kappa shape index (κ3) is 7.09. The van der Waals surface area contributed by atoms with Crippen LogP contribution in [0.2, 0.25) is 0 Å². The third-order valence-electron chi connectivity index (χ3n) is 6.26. The molecule has 2 rings (SSSR count). The first kappa shape index (κ1) is 24.9. The average molecular weight is 423 g/mol. The van der Waals surface area contributed by atoms with Crippen LogP contribution in [0.1, 0.15) is 105 Å². The summed E-state index contributed by atoms with van der Waals surface area (Å²) >= 11 is 0. The van der Waals surface area contributed by atoms with E-state index in [1.165, 1.54) is 38.5 Å². The van der Waals surface area contributed by atoms with Crippen LogP contribution in [-0.2, 0) is 9.53 Å². The Hall–Kier alpha value is -1.40. The molecule has 6 nitrogen and oxygen atoms in total. The Morgan fingerprint density at radius 1 is 1.20 bits per heavy atom. The van der Waals surface area contributed by atoms with Gasteiger partial charge in [0.2, 0.25) is 0 Å². The van der Waals surface area contributed by atoms with Gasteiger partial charge in [-0.15, -0.1) is 0 Å². The summed E-state index contributed by atoms with van der Waals surface area (Å²) in [6.45, 7) is 9.71. The van der Waals surface area contributed by atoms with E-state index in [0.29, 0.717) is 23.7 Å². The Morgan fingerprint density at radius 3 is 2.47 bits per heavy atom. The zero-order chi connectivity index (χ0) is 22.3. The molecule has 0 aromatic carbocycles. The van der Waals surface area contributed by atoms with Gasteiger partial charge in [0.25, 0.3) is 5.96 Å². The zero-order valence-corrected chi connectivity index (χ0v) is 19.8. The van der Waals surface area contributed by atoms with Crippen LogP contribution >= 0.6 is 0 Å². The number of carbonyl (C=O) groups excluding carboxylic acids is 1.